The molecule has 2 atom stereocenters. The van der Waals surface area contributed by atoms with Gasteiger partial charge in [0.15, 0.2) is 0 Å². The second-order valence-corrected chi connectivity index (χ2v) is 4.75. The summed E-state index contributed by atoms with van der Waals surface area (Å²) in [6, 6.07) is 8.39. The Bertz CT molecular complexity index is 353. The lowest BCUT2D eigenvalue weighted by Crippen LogP contribution is -2.70. The van der Waals surface area contributed by atoms with E-state index in [0.29, 0.717) is 5.75 Å². The van der Waals surface area contributed by atoms with Crippen LogP contribution in [0, 0.1) is 0 Å². The van der Waals surface area contributed by atoms with Gasteiger partial charge in [-0.25, -0.2) is 0 Å². The third-order valence-electron chi connectivity index (χ3n) is 1.89. The normalized spacial score (nSPS) is 14.5. The Morgan fingerprint density at radius 3 is 2.53 bits per heavy atom. The average Bonchev–Trinajstić information content (AvgIpc) is 2.18. The van der Waals surface area contributed by atoms with Crippen molar-refractivity contribution < 1.29 is 19.8 Å². The maximum atomic E-state index is 11.5. The molecule has 0 saturated heterocycles. The molecule has 0 aromatic heterocycles. The van der Waals surface area contributed by atoms with E-state index in [4.69, 9.17) is 0 Å². The van der Waals surface area contributed by atoms with Gasteiger partial charge in [0, 0.05) is 16.6 Å². The lowest BCUT2D eigenvalue weighted by Gasteiger charge is -2.08. The van der Waals surface area contributed by atoms with Gasteiger partial charge in [0.2, 0.25) is 0 Å². The zero-order valence-electron chi connectivity index (χ0n) is 8.22. The van der Waals surface area contributed by atoms with Crippen molar-refractivity contribution in [2.24, 2.45) is 0 Å². The molecular formula is C10H13NO3S. The van der Waals surface area contributed by atoms with Crippen LogP contribution in [-0.4, -0.2) is 22.0 Å². The molecular weight excluding hydrogens is 214 g/mol. The molecule has 0 radical (unpaired) electrons. The van der Waals surface area contributed by atoms with E-state index < -0.39 is 22.8 Å². The molecule has 1 rings (SSSR count). The van der Waals surface area contributed by atoms with Crippen LogP contribution in [0.25, 0.3) is 0 Å². The number of carboxylic acid groups (broad SMARTS) is 1. The fourth-order valence-electron chi connectivity index (χ4n) is 1.11. The molecule has 15 heavy (non-hydrogen) atoms. The standard InChI is InChI=1S/C10H13NO3S/c11-9(10(12)13)7-15(14)6-8-4-2-1-3-5-8/h1-5,9H,6-7,11H2,(H,12,13)/t9-,15-/m1/s1. The van der Waals surface area contributed by atoms with Crippen LogP contribution in [-0.2, 0) is 21.3 Å². The predicted molar refractivity (Wildman–Crippen MR) is 54.8 cm³/mol. The minimum Gasteiger partial charge on any atom is -0.544 e. The van der Waals surface area contributed by atoms with Gasteiger partial charge in [0.1, 0.15) is 12.0 Å². The maximum absolute atomic E-state index is 11.5. The molecule has 0 amide bonds. The maximum Gasteiger partial charge on any atom is 0.136 e. The van der Waals surface area contributed by atoms with Gasteiger partial charge in [0.05, 0.1) is 5.75 Å². The van der Waals surface area contributed by atoms with E-state index >= 15 is 0 Å². The third kappa shape index (κ3) is 4.22. The SMILES string of the molecule is [NH3+][C@H](C[S@](=O)Cc1ccccc1)C(=O)[O-]. The van der Waals surface area contributed by atoms with Crippen molar-refractivity contribution in [3.05, 3.63) is 35.9 Å². The third-order valence-corrected chi connectivity index (χ3v) is 3.32. The predicted octanol–water partition coefficient (Wildman–Crippen LogP) is -1.70. The summed E-state index contributed by atoms with van der Waals surface area (Å²) in [7, 11) is -1.21. The van der Waals surface area contributed by atoms with Crippen LogP contribution in [0.2, 0.25) is 0 Å². The number of quaternary nitrogens is 1. The van der Waals surface area contributed by atoms with E-state index in [-0.39, 0.29) is 5.75 Å². The number of hydrogen-bond donors (Lipinski definition) is 1. The molecule has 5 heteroatoms. The summed E-state index contributed by atoms with van der Waals surface area (Å²) in [5.74, 6) is -0.853. The zero-order valence-corrected chi connectivity index (χ0v) is 9.03. The fraction of sp³-hybridized carbons (Fsp3) is 0.300. The number of carbonyl (C=O) groups excluding carboxylic acids is 1. The van der Waals surface area contributed by atoms with E-state index in [0.717, 1.165) is 5.56 Å². The first-order valence-corrected chi connectivity index (χ1v) is 6.01. The van der Waals surface area contributed by atoms with Crippen LogP contribution in [0.4, 0.5) is 0 Å². The van der Waals surface area contributed by atoms with Crippen molar-refractivity contribution in [2.45, 2.75) is 11.8 Å². The second-order valence-electron chi connectivity index (χ2n) is 3.25. The number of carbonyl (C=O) groups is 1. The molecule has 0 heterocycles. The average molecular weight is 227 g/mol. The Kier molecular flexibility index (Phi) is 4.45. The molecule has 0 spiro atoms. The summed E-state index contributed by atoms with van der Waals surface area (Å²) in [5.41, 5.74) is 4.30. The quantitative estimate of drug-likeness (QED) is 0.650. The number of benzene rings is 1. The first-order valence-electron chi connectivity index (χ1n) is 4.52. The first kappa shape index (κ1) is 11.9. The van der Waals surface area contributed by atoms with Crippen molar-refractivity contribution in [3.8, 4) is 0 Å². The highest BCUT2D eigenvalue weighted by molar-refractivity contribution is 7.84. The molecule has 0 aliphatic rings. The molecule has 0 bridgehead atoms. The van der Waals surface area contributed by atoms with Crippen LogP contribution < -0.4 is 10.8 Å². The van der Waals surface area contributed by atoms with Gasteiger partial charge in [-0.05, 0) is 5.56 Å². The van der Waals surface area contributed by atoms with Crippen molar-refractivity contribution in [1.82, 2.24) is 0 Å². The highest BCUT2D eigenvalue weighted by Gasteiger charge is 2.12. The lowest BCUT2D eigenvalue weighted by molar-refractivity contribution is -0.431. The van der Waals surface area contributed by atoms with Crippen molar-refractivity contribution in [1.29, 1.82) is 0 Å². The molecule has 0 aliphatic carbocycles. The summed E-state index contributed by atoms with van der Waals surface area (Å²) in [4.78, 5) is 10.4. The van der Waals surface area contributed by atoms with Gasteiger partial charge < -0.3 is 15.6 Å². The van der Waals surface area contributed by atoms with Gasteiger partial charge in [0.25, 0.3) is 0 Å². The highest BCUT2D eigenvalue weighted by Crippen LogP contribution is 2.03. The second kappa shape index (κ2) is 5.63. The van der Waals surface area contributed by atoms with Gasteiger partial charge in [-0.1, -0.05) is 30.3 Å². The van der Waals surface area contributed by atoms with Crippen LogP contribution >= 0.6 is 0 Å². The van der Waals surface area contributed by atoms with Crippen molar-refractivity contribution in [3.63, 3.8) is 0 Å². The Morgan fingerprint density at radius 1 is 1.40 bits per heavy atom. The number of carboxylic acids is 1. The molecule has 0 aliphatic heterocycles. The number of rotatable bonds is 5. The van der Waals surface area contributed by atoms with E-state index in [1.54, 1.807) is 0 Å². The van der Waals surface area contributed by atoms with Gasteiger partial charge in [-0.3, -0.25) is 4.21 Å². The van der Waals surface area contributed by atoms with Crippen molar-refractivity contribution in [2.75, 3.05) is 5.75 Å². The highest BCUT2D eigenvalue weighted by atomic mass is 32.2. The molecule has 1 aromatic carbocycles. The molecule has 0 fully saturated rings. The summed E-state index contributed by atoms with van der Waals surface area (Å²) in [6.07, 6.45) is 0. The van der Waals surface area contributed by atoms with Crippen LogP contribution in [0.5, 0.6) is 0 Å². The van der Waals surface area contributed by atoms with E-state index in [2.05, 4.69) is 5.73 Å². The fourth-order valence-corrected chi connectivity index (χ4v) is 2.38. The summed E-state index contributed by atoms with van der Waals surface area (Å²) >= 11 is 0. The summed E-state index contributed by atoms with van der Waals surface area (Å²) in [5, 5.41) is 10.4. The van der Waals surface area contributed by atoms with Crippen molar-refractivity contribution >= 4 is 16.8 Å². The minimum absolute atomic E-state index is 0.0389. The Morgan fingerprint density at radius 2 is 2.00 bits per heavy atom. The molecule has 0 unspecified atom stereocenters. The molecule has 4 nitrogen and oxygen atoms in total. The molecule has 3 N–H and O–H groups in total. The largest absolute Gasteiger partial charge is 0.544 e. The Hall–Kier alpha value is -1.20. The van der Waals surface area contributed by atoms with Gasteiger partial charge in [-0.15, -0.1) is 0 Å². The topological polar surface area (TPSA) is 84.8 Å². The van der Waals surface area contributed by atoms with Gasteiger partial charge in [-0.2, -0.15) is 0 Å². The summed E-state index contributed by atoms with van der Waals surface area (Å²) < 4.78 is 11.5. The first-order chi connectivity index (χ1) is 7.09. The zero-order chi connectivity index (χ0) is 11.3. The lowest BCUT2D eigenvalue weighted by atomic mass is 10.2. The van der Waals surface area contributed by atoms with Crippen LogP contribution in [0.1, 0.15) is 5.56 Å². The van der Waals surface area contributed by atoms with Crippen LogP contribution in [0.3, 0.4) is 0 Å². The molecule has 1 aromatic rings. The summed E-state index contributed by atoms with van der Waals surface area (Å²) in [6.45, 7) is 0. The Labute approximate surface area is 90.6 Å². The minimum atomic E-state index is -1.25. The smallest absolute Gasteiger partial charge is 0.136 e. The monoisotopic (exact) mass is 227 g/mol. The van der Waals surface area contributed by atoms with E-state index in [1.165, 1.54) is 0 Å². The van der Waals surface area contributed by atoms with E-state index in [9.17, 15) is 14.1 Å². The van der Waals surface area contributed by atoms with Gasteiger partial charge >= 0.3 is 0 Å². The Balaban J connectivity index is 2.47. The van der Waals surface area contributed by atoms with Crippen LogP contribution in [0.15, 0.2) is 30.3 Å². The number of hydrogen-bond acceptors (Lipinski definition) is 3. The molecule has 82 valence electrons. The number of aliphatic carboxylic acids is 1. The molecule has 0 saturated carbocycles. The van der Waals surface area contributed by atoms with E-state index in [1.807, 2.05) is 30.3 Å².